The van der Waals surface area contributed by atoms with Crippen molar-refractivity contribution in [3.05, 3.63) is 36.3 Å². The van der Waals surface area contributed by atoms with Gasteiger partial charge >= 0.3 is 0 Å². The number of anilines is 1. The van der Waals surface area contributed by atoms with Crippen LogP contribution in [0.15, 0.2) is 30.5 Å². The summed E-state index contributed by atoms with van der Waals surface area (Å²) in [5.74, 6) is 0.713. The highest BCUT2D eigenvalue weighted by Gasteiger charge is 2.15. The predicted octanol–water partition coefficient (Wildman–Crippen LogP) is 1.78. The highest BCUT2D eigenvalue weighted by molar-refractivity contribution is 5.92. The zero-order chi connectivity index (χ0) is 11.7. The van der Waals surface area contributed by atoms with Crippen LogP contribution in [0.3, 0.4) is 0 Å². The fraction of sp³-hybridized carbons (Fsp3) is 0.308. The Hall–Kier alpha value is -1.68. The van der Waals surface area contributed by atoms with E-state index in [1.807, 2.05) is 6.07 Å². The lowest BCUT2D eigenvalue weighted by atomic mass is 10.1. The van der Waals surface area contributed by atoms with E-state index >= 15 is 0 Å². The number of rotatable bonds is 1. The summed E-state index contributed by atoms with van der Waals surface area (Å²) in [6.07, 6.45) is 1.68. The summed E-state index contributed by atoms with van der Waals surface area (Å²) in [7, 11) is 0. The van der Waals surface area contributed by atoms with Gasteiger partial charge in [0, 0.05) is 43.1 Å². The van der Waals surface area contributed by atoms with Gasteiger partial charge in [-0.15, -0.1) is 0 Å². The van der Waals surface area contributed by atoms with Crippen LogP contribution in [0.4, 0.5) is 10.2 Å². The summed E-state index contributed by atoms with van der Waals surface area (Å²) in [4.78, 5) is 6.61. The van der Waals surface area contributed by atoms with Gasteiger partial charge in [0.2, 0.25) is 0 Å². The number of nitrogens with one attached hydrogen (secondary N) is 1. The van der Waals surface area contributed by atoms with Crippen molar-refractivity contribution in [2.75, 3.05) is 31.1 Å². The normalized spacial score (nSPS) is 16.4. The highest BCUT2D eigenvalue weighted by atomic mass is 19.1. The van der Waals surface area contributed by atoms with E-state index in [9.17, 15) is 4.39 Å². The lowest BCUT2D eigenvalue weighted by Crippen LogP contribution is -2.43. The lowest BCUT2D eigenvalue weighted by molar-refractivity contribution is 0.586. The van der Waals surface area contributed by atoms with Crippen LogP contribution in [0, 0.1) is 5.82 Å². The summed E-state index contributed by atoms with van der Waals surface area (Å²) in [5.41, 5.74) is 0. The van der Waals surface area contributed by atoms with Crippen molar-refractivity contribution in [2.24, 2.45) is 0 Å². The number of benzene rings is 1. The number of fused-ring (bicyclic) bond motifs is 1. The third kappa shape index (κ3) is 1.85. The Morgan fingerprint density at radius 3 is 2.76 bits per heavy atom. The number of hydrogen-bond donors (Lipinski definition) is 1. The third-order valence-electron chi connectivity index (χ3n) is 3.15. The molecule has 88 valence electrons. The Kier molecular flexibility index (Phi) is 2.65. The van der Waals surface area contributed by atoms with Crippen molar-refractivity contribution in [2.45, 2.75) is 0 Å². The largest absolute Gasteiger partial charge is 0.354 e. The van der Waals surface area contributed by atoms with E-state index in [2.05, 4.69) is 15.2 Å². The maximum atomic E-state index is 13.7. The van der Waals surface area contributed by atoms with Gasteiger partial charge in [0.05, 0.1) is 0 Å². The molecule has 1 aromatic heterocycles. The van der Waals surface area contributed by atoms with Crippen LogP contribution in [0.1, 0.15) is 0 Å². The Morgan fingerprint density at radius 2 is 1.94 bits per heavy atom. The van der Waals surface area contributed by atoms with Gasteiger partial charge < -0.3 is 10.2 Å². The van der Waals surface area contributed by atoms with Gasteiger partial charge in [-0.1, -0.05) is 12.1 Å². The maximum Gasteiger partial charge on any atom is 0.136 e. The molecule has 1 saturated heterocycles. The number of aromatic nitrogens is 1. The van der Waals surface area contributed by atoms with E-state index in [0.717, 1.165) is 37.4 Å². The van der Waals surface area contributed by atoms with Crippen molar-refractivity contribution in [3.8, 4) is 0 Å². The minimum atomic E-state index is -0.179. The Morgan fingerprint density at radius 1 is 1.12 bits per heavy atom. The van der Waals surface area contributed by atoms with Crippen molar-refractivity contribution >= 4 is 16.6 Å². The molecular weight excluding hydrogens is 217 g/mol. The second-order valence-corrected chi connectivity index (χ2v) is 4.21. The van der Waals surface area contributed by atoms with Crippen LogP contribution in [0.5, 0.6) is 0 Å². The number of hydrogen-bond acceptors (Lipinski definition) is 3. The molecule has 0 bridgehead atoms. The monoisotopic (exact) mass is 231 g/mol. The minimum Gasteiger partial charge on any atom is -0.354 e. The molecule has 1 aliphatic rings. The van der Waals surface area contributed by atoms with Crippen LogP contribution in [-0.2, 0) is 0 Å². The quantitative estimate of drug-likeness (QED) is 0.811. The molecule has 0 radical (unpaired) electrons. The molecule has 2 aromatic rings. The summed E-state index contributed by atoms with van der Waals surface area (Å²) < 4.78 is 13.7. The summed E-state index contributed by atoms with van der Waals surface area (Å²) in [6, 6.07) is 6.90. The van der Waals surface area contributed by atoms with E-state index in [-0.39, 0.29) is 5.82 Å². The summed E-state index contributed by atoms with van der Waals surface area (Å²) >= 11 is 0. The van der Waals surface area contributed by atoms with Crippen LogP contribution in [-0.4, -0.2) is 31.2 Å². The van der Waals surface area contributed by atoms with E-state index in [0.29, 0.717) is 5.39 Å². The first-order valence-corrected chi connectivity index (χ1v) is 5.85. The fourth-order valence-electron chi connectivity index (χ4n) is 2.28. The van der Waals surface area contributed by atoms with Gasteiger partial charge in [-0.25, -0.2) is 9.37 Å². The molecule has 0 unspecified atom stereocenters. The molecule has 3 nitrogen and oxygen atoms in total. The Labute approximate surface area is 99.3 Å². The lowest BCUT2D eigenvalue weighted by Gasteiger charge is -2.29. The Balaban J connectivity index is 2.12. The molecule has 1 aromatic carbocycles. The van der Waals surface area contributed by atoms with Gasteiger partial charge in [0.1, 0.15) is 11.6 Å². The van der Waals surface area contributed by atoms with E-state index in [1.165, 1.54) is 6.07 Å². The van der Waals surface area contributed by atoms with Crippen LogP contribution in [0.2, 0.25) is 0 Å². The summed E-state index contributed by atoms with van der Waals surface area (Å²) in [6.45, 7) is 3.74. The number of pyridine rings is 1. The van der Waals surface area contributed by atoms with Crippen molar-refractivity contribution in [1.29, 1.82) is 0 Å². The molecule has 0 spiro atoms. The molecule has 2 heterocycles. The number of halogens is 1. The summed E-state index contributed by atoms with van der Waals surface area (Å²) in [5, 5.41) is 4.85. The minimum absolute atomic E-state index is 0.179. The first kappa shape index (κ1) is 10.5. The first-order valence-electron chi connectivity index (χ1n) is 5.85. The van der Waals surface area contributed by atoms with Crippen LogP contribution in [0.25, 0.3) is 10.8 Å². The highest BCUT2D eigenvalue weighted by Crippen LogP contribution is 2.26. The molecule has 0 amide bonds. The molecule has 1 fully saturated rings. The topological polar surface area (TPSA) is 28.2 Å². The molecule has 0 saturated carbocycles. The van der Waals surface area contributed by atoms with Crippen LogP contribution < -0.4 is 10.2 Å². The molecular formula is C13H14FN3. The molecule has 4 heteroatoms. The van der Waals surface area contributed by atoms with Gasteiger partial charge in [-0.2, -0.15) is 0 Å². The van der Waals surface area contributed by atoms with E-state index in [4.69, 9.17) is 0 Å². The van der Waals surface area contributed by atoms with Gasteiger partial charge in [0.15, 0.2) is 0 Å². The van der Waals surface area contributed by atoms with Crippen molar-refractivity contribution in [3.63, 3.8) is 0 Å². The Bertz CT molecular complexity index is 535. The fourth-order valence-corrected chi connectivity index (χ4v) is 2.28. The third-order valence-corrected chi connectivity index (χ3v) is 3.15. The zero-order valence-electron chi connectivity index (χ0n) is 9.49. The smallest absolute Gasteiger partial charge is 0.136 e. The van der Waals surface area contributed by atoms with Gasteiger partial charge in [-0.3, -0.25) is 0 Å². The zero-order valence-corrected chi connectivity index (χ0v) is 9.49. The molecule has 1 aliphatic heterocycles. The molecule has 3 rings (SSSR count). The van der Waals surface area contributed by atoms with E-state index < -0.39 is 0 Å². The average Bonchev–Trinajstić information content (AvgIpc) is 2.40. The first-order chi connectivity index (χ1) is 8.36. The number of nitrogens with zero attached hydrogens (tertiary/aromatic N) is 2. The predicted molar refractivity (Wildman–Crippen MR) is 66.8 cm³/mol. The van der Waals surface area contributed by atoms with Gasteiger partial charge in [0.25, 0.3) is 0 Å². The second-order valence-electron chi connectivity index (χ2n) is 4.21. The van der Waals surface area contributed by atoms with Crippen molar-refractivity contribution in [1.82, 2.24) is 10.3 Å². The van der Waals surface area contributed by atoms with E-state index in [1.54, 1.807) is 18.3 Å². The second kappa shape index (κ2) is 4.30. The van der Waals surface area contributed by atoms with Crippen LogP contribution >= 0.6 is 0 Å². The number of piperazine rings is 1. The van der Waals surface area contributed by atoms with Crippen molar-refractivity contribution < 1.29 is 4.39 Å². The molecule has 1 N–H and O–H groups in total. The SMILES string of the molecule is Fc1cccc2c(N3CCNCC3)nccc12. The average molecular weight is 231 g/mol. The molecule has 17 heavy (non-hydrogen) atoms. The maximum absolute atomic E-state index is 13.7. The standard InChI is InChI=1S/C13H14FN3/c14-12-3-1-2-11-10(12)4-5-16-13(11)17-8-6-15-7-9-17/h1-5,15H,6-9H2. The molecule has 0 aliphatic carbocycles. The molecule has 0 atom stereocenters. The van der Waals surface area contributed by atoms with Gasteiger partial charge in [-0.05, 0) is 12.1 Å².